The number of hydrogen-bond donors (Lipinski definition) is 3. The van der Waals surface area contributed by atoms with Gasteiger partial charge in [-0.1, -0.05) is 209 Å². The maximum absolute atomic E-state index is 13.5. The molecule has 130 heavy (non-hydrogen) atoms. The fourth-order valence-electron chi connectivity index (χ4n) is 13.6. The van der Waals surface area contributed by atoms with Gasteiger partial charge in [0.2, 0.25) is 0 Å². The Morgan fingerprint density at radius 1 is 0.354 bits per heavy atom. The number of hydrogen-bond acceptors (Lipinski definition) is 12. The summed E-state index contributed by atoms with van der Waals surface area (Å²) in [7, 11) is 0. The molecule has 2 aliphatic rings. The standard InChI is InChI=1S/C36H44N4.C17H10F2N.2C11H6F2N.C11H8N.2C6H5NO2.C5H8O2.3Ir.2Pt/c1-9-21-22(10-2)30-18-32-25(13-5)26(14-6)34(39-32)20-36-28(16-8)27(15-7)35(40-36)19-33-24(12-4)23(11-3)31(38-33)17-29(21)37-30;18-13-6-4-12(5-7-13)16-11-14(19)8-9-15(16)17-3-1-2-10-20-17;2*12-8-4-5-9(10(13)7-8)11-3-1-2-6-14-11;1-2-6-10(7-3-1)11-8-4-5-9-12-11;2*8-6(9)5-3-1-2-4-7-5;1-4(6)3-5(2)7;;;;;/h17-20H,9-16H2,1-8H3;1-8,10-11H;2*1-4,6-7H;1-6,8-9H;2*1-4H,(H,8,9);3,6H,1-2H3;;;;;/q-2;4*-1;;;;;;;;+2. The second kappa shape index (κ2) is 57.0. The van der Waals surface area contributed by atoms with Crippen LogP contribution in [0.25, 0.3) is 101 Å². The van der Waals surface area contributed by atoms with Crippen LogP contribution in [-0.4, -0.2) is 72.9 Å². The maximum atomic E-state index is 13.5. The van der Waals surface area contributed by atoms with Crippen molar-refractivity contribution in [2.24, 2.45) is 0 Å². The van der Waals surface area contributed by atoms with Crippen molar-refractivity contribution in [3.8, 4) is 56.2 Å². The van der Waals surface area contributed by atoms with Gasteiger partial charge in [-0.05, 0) is 171 Å². The Bertz CT molecular complexity index is 5820. The van der Waals surface area contributed by atoms with E-state index >= 15 is 0 Å². The van der Waals surface area contributed by atoms with E-state index in [1.54, 1.807) is 97.6 Å². The molecular formula is C103H92F6Ir3N10O6Pt2-4. The van der Waals surface area contributed by atoms with Crippen LogP contribution in [0.4, 0.5) is 26.3 Å². The average Bonchev–Trinajstić information content (AvgIpc) is 1.59. The van der Waals surface area contributed by atoms with Crippen molar-refractivity contribution in [1.29, 1.82) is 0 Å². The van der Waals surface area contributed by atoms with Crippen LogP contribution in [0.1, 0.15) is 161 Å². The molecule has 11 heterocycles. The normalized spacial score (nSPS) is 10.7. The molecule has 0 saturated carbocycles. The Kier molecular flexibility index (Phi) is 48.6. The molecule has 2 aliphatic heterocycles. The van der Waals surface area contributed by atoms with Gasteiger partial charge in [-0.3, -0.25) is 26.7 Å². The van der Waals surface area contributed by atoms with E-state index in [1.807, 2.05) is 60.7 Å². The van der Waals surface area contributed by atoms with Crippen LogP contribution in [0, 0.1) is 59.2 Å². The second-order valence-corrected chi connectivity index (χ2v) is 27.5. The Morgan fingerprint density at radius 3 is 0.931 bits per heavy atom. The smallest absolute Gasteiger partial charge is 0.657 e. The summed E-state index contributed by atoms with van der Waals surface area (Å²) < 4.78 is 78.1. The first-order valence-corrected chi connectivity index (χ1v) is 40.6. The van der Waals surface area contributed by atoms with E-state index < -0.39 is 35.2 Å². The number of nitrogens with zero attached hydrogens (tertiary/aromatic N) is 10. The molecule has 8 bridgehead atoms. The van der Waals surface area contributed by atoms with E-state index in [9.17, 15) is 40.7 Å². The molecule has 3 N–H and O–H groups in total. The molecule has 0 saturated heterocycles. The van der Waals surface area contributed by atoms with E-state index in [1.165, 1.54) is 113 Å². The number of aryl methyl sites for hydroxylation is 4. The Labute approximate surface area is 823 Å². The van der Waals surface area contributed by atoms with Crippen molar-refractivity contribution in [2.45, 2.75) is 121 Å². The summed E-state index contributed by atoms with van der Waals surface area (Å²) in [5.74, 6) is -5.33. The van der Waals surface area contributed by atoms with Crippen molar-refractivity contribution in [2.75, 3.05) is 0 Å². The number of carboxylic acids is 2. The van der Waals surface area contributed by atoms with Gasteiger partial charge in [-0.15, -0.1) is 106 Å². The number of carbonyl (C=O) groups is 3. The fraction of sp³-hybridized carbons (Fsp3) is 0.175. The Morgan fingerprint density at radius 2 is 0.669 bits per heavy atom. The molecule has 0 atom stereocenters. The largest absolute Gasteiger partial charge is 2.00 e. The number of aliphatic hydroxyl groups is 1. The van der Waals surface area contributed by atoms with Crippen molar-refractivity contribution in [3.05, 3.63) is 383 Å². The van der Waals surface area contributed by atoms with E-state index in [0.717, 1.165) is 137 Å². The van der Waals surface area contributed by atoms with Crippen LogP contribution in [0.5, 0.6) is 0 Å². The summed E-state index contributed by atoms with van der Waals surface area (Å²) in [5, 5.41) is 25.0. The third-order valence-electron chi connectivity index (χ3n) is 19.2. The molecule has 0 aliphatic carbocycles. The average molecular weight is 2650 g/mol. The Balaban J connectivity index is 0.000000334. The third kappa shape index (κ3) is 31.8. The van der Waals surface area contributed by atoms with Gasteiger partial charge in [-0.25, -0.2) is 33.9 Å². The van der Waals surface area contributed by atoms with Crippen LogP contribution in [0.3, 0.4) is 0 Å². The van der Waals surface area contributed by atoms with Crippen molar-refractivity contribution in [1.82, 2.24) is 49.8 Å². The van der Waals surface area contributed by atoms with Gasteiger partial charge in [0.05, 0.1) is 28.5 Å². The fourth-order valence-corrected chi connectivity index (χ4v) is 13.6. The topological polar surface area (TPSA) is 243 Å². The number of ketones is 1. The van der Waals surface area contributed by atoms with Gasteiger partial charge in [0.25, 0.3) is 0 Å². The van der Waals surface area contributed by atoms with E-state index in [-0.39, 0.29) is 148 Å². The van der Waals surface area contributed by atoms with Crippen LogP contribution in [-0.2, 0) is 133 Å². The molecule has 3 radical (unpaired) electrons. The number of aliphatic hydroxyl groups excluding tert-OH is 1. The SMILES string of the molecule is CC(=O)C=C(C)O.CCC1=C(CC)c2cc3[n-]c(cc4nc(cc5[n-]c(cc1n2)c(CC)c5CC)C(CC)=C4CC)c(CC)c3CC.Fc1c[c-]c(-c2ccccn2)c(F)c1.Fc1c[c-]c(-c2ccccn2)c(F)c1.Fc1ccc(-c2cc(F)c[c-]c2-c2ccccn2)cc1.O=C(O)c1ccccn1.O=C(O)c1ccccn1.[Ir].[Ir].[Ir].[Pt+2].[Pt].[c-]1ccccc1-c1ccccn1. The molecule has 683 valence electrons. The predicted octanol–water partition coefficient (Wildman–Crippen LogP) is 24.6. The summed E-state index contributed by atoms with van der Waals surface area (Å²) in [6.07, 6.45) is 18.2. The molecule has 0 unspecified atom stereocenters. The first kappa shape index (κ1) is 111. The van der Waals surface area contributed by atoms with Crippen molar-refractivity contribution >= 4 is 62.1 Å². The predicted molar refractivity (Wildman–Crippen MR) is 480 cm³/mol. The number of halogens is 6. The molecule has 16 nitrogen and oxygen atoms in total. The number of aromatic carboxylic acids is 2. The minimum absolute atomic E-state index is 0. The number of fused-ring (bicyclic) bond motifs is 8. The minimum Gasteiger partial charge on any atom is -0.657 e. The molecule has 0 fully saturated rings. The van der Waals surface area contributed by atoms with Gasteiger partial charge >= 0.3 is 33.0 Å². The van der Waals surface area contributed by atoms with Gasteiger partial charge in [0.1, 0.15) is 17.2 Å². The monoisotopic (exact) mass is 2650 g/mol. The molecule has 16 rings (SSSR count). The van der Waals surface area contributed by atoms with Crippen molar-refractivity contribution < 1.29 is 158 Å². The summed E-state index contributed by atoms with van der Waals surface area (Å²) in [4.78, 5) is 74.8. The van der Waals surface area contributed by atoms with Crippen molar-refractivity contribution in [3.63, 3.8) is 0 Å². The number of rotatable bonds is 16. The summed E-state index contributed by atoms with van der Waals surface area (Å²) >= 11 is 0. The molecule has 14 aromatic rings. The van der Waals surface area contributed by atoms with Gasteiger partial charge in [0, 0.05) is 154 Å². The number of allylic oxidation sites excluding steroid dienone is 6. The number of carboxylic acid groups (broad SMARTS) is 2. The zero-order chi connectivity index (χ0) is 89.9. The minimum atomic E-state index is -0.990. The van der Waals surface area contributed by atoms with E-state index in [2.05, 4.69) is 134 Å². The summed E-state index contributed by atoms with van der Waals surface area (Å²) in [6, 6.07) is 71.4. The van der Waals surface area contributed by atoms with Crippen LogP contribution in [0.15, 0.2) is 267 Å². The Hall–Kier alpha value is -11.3. The molecule has 27 heteroatoms. The quantitative estimate of drug-likeness (QED) is 0.0352. The first-order chi connectivity index (χ1) is 60.4. The first-order valence-electron chi connectivity index (χ1n) is 40.6. The van der Waals surface area contributed by atoms with Crippen LogP contribution < -0.4 is 9.97 Å². The molecule has 0 amide bonds. The zero-order valence-corrected chi connectivity index (χ0v) is 84.2. The second-order valence-electron chi connectivity index (χ2n) is 27.5. The molecular weight excluding hydrogens is 2550 g/mol. The molecule has 5 aromatic carbocycles. The number of aromatic nitrogens is 10. The molecule has 9 aromatic heterocycles. The summed E-state index contributed by atoms with van der Waals surface area (Å²) in [5.41, 5.74) is 25.3. The van der Waals surface area contributed by atoms with E-state index in [4.69, 9.17) is 35.3 Å². The zero-order valence-electron chi connectivity index (χ0n) is 72.4. The van der Waals surface area contributed by atoms with Gasteiger partial charge in [-0.2, -0.15) is 0 Å². The van der Waals surface area contributed by atoms with Crippen LogP contribution >= 0.6 is 0 Å². The summed E-state index contributed by atoms with van der Waals surface area (Å²) in [6.45, 7) is 20.8. The molecule has 0 spiro atoms. The number of benzene rings is 5. The maximum Gasteiger partial charge on any atom is 2.00 e. The van der Waals surface area contributed by atoms with E-state index in [0.29, 0.717) is 28.2 Å². The number of carbonyl (C=O) groups excluding carboxylic acids is 1. The number of pyridine rings is 6. The van der Waals surface area contributed by atoms with Gasteiger partial charge < -0.3 is 45.2 Å². The van der Waals surface area contributed by atoms with Gasteiger partial charge in [0.15, 0.2) is 5.78 Å². The van der Waals surface area contributed by atoms with Crippen LogP contribution in [0.2, 0.25) is 0 Å². The third-order valence-corrected chi connectivity index (χ3v) is 19.2.